The Hall–Kier alpha value is -2.11. The van der Waals surface area contributed by atoms with Crippen molar-refractivity contribution in [3.8, 4) is 16.3 Å². The molecule has 0 radical (unpaired) electrons. The molecule has 1 aromatic carbocycles. The smallest absolute Gasteiger partial charge is 0.281 e. The van der Waals surface area contributed by atoms with Crippen LogP contribution in [0, 0.1) is 0 Å². The molecule has 1 fully saturated rings. The summed E-state index contributed by atoms with van der Waals surface area (Å²) in [5.74, 6) is -0.295. The van der Waals surface area contributed by atoms with E-state index in [1.807, 2.05) is 5.38 Å². The average Bonchev–Trinajstić information content (AvgIpc) is 3.59. The van der Waals surface area contributed by atoms with E-state index in [0.717, 1.165) is 20.3 Å². The lowest BCUT2D eigenvalue weighted by Gasteiger charge is -2.31. The third-order valence-corrected chi connectivity index (χ3v) is 8.88. The van der Waals surface area contributed by atoms with Crippen LogP contribution < -0.4 is 0 Å². The lowest BCUT2D eigenvalue weighted by Crippen LogP contribution is -2.38. The Morgan fingerprint density at radius 3 is 2.46 bits per heavy atom. The predicted octanol–water partition coefficient (Wildman–Crippen LogP) is 7.37. The Kier molecular flexibility index (Phi) is 7.09. The van der Waals surface area contributed by atoms with Gasteiger partial charge in [0.15, 0.2) is 5.15 Å². The number of halogens is 5. The van der Waals surface area contributed by atoms with E-state index < -0.39 is 18.0 Å². The van der Waals surface area contributed by atoms with E-state index in [2.05, 4.69) is 9.47 Å². The average molecular weight is 575 g/mol. The first-order valence-corrected chi connectivity index (χ1v) is 13.3. The Morgan fingerprint density at radius 2 is 1.83 bits per heavy atom. The summed E-state index contributed by atoms with van der Waals surface area (Å²) in [5, 5.41) is 8.06. The fourth-order valence-corrected chi connectivity index (χ4v) is 6.39. The standard InChI is InChI=1S/C22H16Cl3F2N5OS2/c23-12-1-3-13(4-2-12)32-17(20(26)27)14(9-28-32)22(33)31-7-5-11(6-8-31)21-29-15(10-34-21)18-16(24)19(25)30-35-18/h1-4,9-11,20H,5-8H2. The number of hydrogen-bond donors (Lipinski definition) is 0. The Labute approximate surface area is 222 Å². The van der Waals surface area contributed by atoms with Crippen LogP contribution in [0.1, 0.15) is 46.2 Å². The van der Waals surface area contributed by atoms with Crippen LogP contribution in [-0.4, -0.2) is 43.0 Å². The molecule has 1 aliphatic rings. The molecule has 6 nitrogen and oxygen atoms in total. The molecule has 5 rings (SSSR count). The van der Waals surface area contributed by atoms with Crippen molar-refractivity contribution in [3.63, 3.8) is 0 Å². The molecule has 1 aliphatic heterocycles. The number of thiazole rings is 1. The first kappa shape index (κ1) is 24.6. The molecule has 4 aromatic rings. The normalized spacial score (nSPS) is 14.7. The number of likely N-dealkylation sites (tertiary alicyclic amines) is 1. The van der Waals surface area contributed by atoms with E-state index in [-0.39, 0.29) is 16.6 Å². The zero-order valence-corrected chi connectivity index (χ0v) is 21.7. The predicted molar refractivity (Wildman–Crippen MR) is 135 cm³/mol. The molecule has 3 aromatic heterocycles. The van der Waals surface area contributed by atoms with Gasteiger partial charge < -0.3 is 4.90 Å². The van der Waals surface area contributed by atoms with Crippen LogP contribution in [0.2, 0.25) is 15.2 Å². The highest BCUT2D eigenvalue weighted by Gasteiger charge is 2.31. The van der Waals surface area contributed by atoms with Crippen LogP contribution in [0.5, 0.6) is 0 Å². The fourth-order valence-electron chi connectivity index (χ4n) is 4.02. The van der Waals surface area contributed by atoms with Gasteiger partial charge in [0.2, 0.25) is 0 Å². The van der Waals surface area contributed by atoms with Gasteiger partial charge in [0, 0.05) is 29.4 Å². The van der Waals surface area contributed by atoms with E-state index in [0.29, 0.717) is 41.7 Å². The fraction of sp³-hybridized carbons (Fsp3) is 0.273. The number of alkyl halides is 2. The molecule has 0 aliphatic carbocycles. The van der Waals surface area contributed by atoms with Crippen LogP contribution in [-0.2, 0) is 0 Å². The van der Waals surface area contributed by atoms with Crippen LogP contribution in [0.4, 0.5) is 8.78 Å². The number of piperidine rings is 1. The molecule has 0 atom stereocenters. The highest BCUT2D eigenvalue weighted by molar-refractivity contribution is 7.12. The molecule has 0 saturated carbocycles. The lowest BCUT2D eigenvalue weighted by molar-refractivity contribution is 0.0700. The van der Waals surface area contributed by atoms with Gasteiger partial charge in [-0.3, -0.25) is 4.79 Å². The van der Waals surface area contributed by atoms with Crippen LogP contribution in [0.3, 0.4) is 0 Å². The molecule has 13 heteroatoms. The summed E-state index contributed by atoms with van der Waals surface area (Å²) in [6.45, 7) is 0.862. The quantitative estimate of drug-likeness (QED) is 0.250. The number of rotatable bonds is 5. The number of hydrogen-bond acceptors (Lipinski definition) is 6. The molecular formula is C22H16Cl3F2N5OS2. The number of carbonyl (C=O) groups is 1. The SMILES string of the molecule is O=C(c1cnn(-c2ccc(Cl)cc2)c1C(F)F)N1CCC(c2nc(-c3snc(Cl)c3Cl)cs2)CC1. The van der Waals surface area contributed by atoms with Crippen molar-refractivity contribution >= 4 is 63.6 Å². The molecule has 4 heterocycles. The number of aromatic nitrogens is 4. The summed E-state index contributed by atoms with van der Waals surface area (Å²) < 4.78 is 33.1. The first-order valence-electron chi connectivity index (χ1n) is 10.5. The minimum atomic E-state index is -2.87. The summed E-state index contributed by atoms with van der Waals surface area (Å²) in [6, 6.07) is 6.33. The molecule has 0 spiro atoms. The van der Waals surface area contributed by atoms with Crippen LogP contribution >= 0.6 is 57.7 Å². The lowest BCUT2D eigenvalue weighted by atomic mass is 9.97. The van der Waals surface area contributed by atoms with Crippen molar-refractivity contribution in [2.45, 2.75) is 25.2 Å². The van der Waals surface area contributed by atoms with Gasteiger partial charge in [0.1, 0.15) is 5.69 Å². The minimum Gasteiger partial charge on any atom is -0.338 e. The van der Waals surface area contributed by atoms with E-state index in [4.69, 9.17) is 39.8 Å². The van der Waals surface area contributed by atoms with Gasteiger partial charge in [-0.05, 0) is 48.6 Å². The van der Waals surface area contributed by atoms with E-state index >= 15 is 0 Å². The molecule has 182 valence electrons. The Bertz CT molecular complexity index is 1360. The van der Waals surface area contributed by atoms with Crippen molar-refractivity contribution in [2.75, 3.05) is 13.1 Å². The van der Waals surface area contributed by atoms with Crippen LogP contribution in [0.15, 0.2) is 35.8 Å². The molecule has 1 amide bonds. The van der Waals surface area contributed by atoms with Gasteiger partial charge in [0.25, 0.3) is 12.3 Å². The summed E-state index contributed by atoms with van der Waals surface area (Å²) in [7, 11) is 0. The molecule has 1 saturated heterocycles. The highest BCUT2D eigenvalue weighted by atomic mass is 35.5. The molecule has 0 bridgehead atoms. The molecule has 0 unspecified atom stereocenters. The number of benzene rings is 1. The van der Waals surface area contributed by atoms with Crippen LogP contribution in [0.25, 0.3) is 16.3 Å². The second-order valence-electron chi connectivity index (χ2n) is 7.89. The second kappa shape index (κ2) is 10.1. The number of carbonyl (C=O) groups excluding carboxylic acids is 1. The third kappa shape index (κ3) is 4.82. The van der Waals surface area contributed by atoms with E-state index in [9.17, 15) is 13.6 Å². The maximum Gasteiger partial charge on any atom is 0.281 e. The van der Waals surface area contributed by atoms with Crippen molar-refractivity contribution in [2.24, 2.45) is 0 Å². The number of amides is 1. The molecule has 35 heavy (non-hydrogen) atoms. The van der Waals surface area contributed by atoms with Crippen molar-refractivity contribution < 1.29 is 13.6 Å². The monoisotopic (exact) mass is 573 g/mol. The minimum absolute atomic E-state index is 0.0957. The van der Waals surface area contributed by atoms with Gasteiger partial charge in [-0.15, -0.1) is 11.3 Å². The summed E-state index contributed by atoms with van der Waals surface area (Å²) >= 11 is 20.8. The Balaban J connectivity index is 1.30. The maximum atomic E-state index is 14.0. The van der Waals surface area contributed by atoms with E-state index in [1.54, 1.807) is 29.2 Å². The number of nitrogens with zero attached hydrogens (tertiary/aromatic N) is 5. The van der Waals surface area contributed by atoms with Crippen molar-refractivity contribution in [1.29, 1.82) is 0 Å². The van der Waals surface area contributed by atoms with E-state index in [1.165, 1.54) is 29.1 Å². The highest BCUT2D eigenvalue weighted by Crippen LogP contribution is 2.39. The topological polar surface area (TPSA) is 63.9 Å². The van der Waals surface area contributed by atoms with Crippen molar-refractivity contribution in [1.82, 2.24) is 24.0 Å². The van der Waals surface area contributed by atoms with Gasteiger partial charge in [0.05, 0.1) is 38.0 Å². The maximum absolute atomic E-state index is 14.0. The summed E-state index contributed by atoms with van der Waals surface area (Å²) in [4.78, 5) is 20.2. The largest absolute Gasteiger partial charge is 0.338 e. The van der Waals surface area contributed by atoms with Gasteiger partial charge in [-0.25, -0.2) is 18.4 Å². The summed E-state index contributed by atoms with van der Waals surface area (Å²) in [6.07, 6.45) is -0.316. The summed E-state index contributed by atoms with van der Waals surface area (Å²) in [5.41, 5.74) is 0.615. The van der Waals surface area contributed by atoms with Gasteiger partial charge in [-0.2, -0.15) is 9.47 Å². The molecular weight excluding hydrogens is 559 g/mol. The first-order chi connectivity index (χ1) is 16.8. The second-order valence-corrected chi connectivity index (χ2v) is 10.7. The zero-order chi connectivity index (χ0) is 24.7. The zero-order valence-electron chi connectivity index (χ0n) is 17.8. The molecule has 0 N–H and O–H groups in total. The van der Waals surface area contributed by atoms with Gasteiger partial charge >= 0.3 is 0 Å². The Morgan fingerprint density at radius 1 is 1.11 bits per heavy atom. The van der Waals surface area contributed by atoms with Crippen molar-refractivity contribution in [3.05, 3.63) is 67.3 Å². The van der Waals surface area contributed by atoms with Gasteiger partial charge in [-0.1, -0.05) is 34.8 Å². The third-order valence-electron chi connectivity index (χ3n) is 5.80.